The average molecular weight is 298 g/mol. The third-order valence-corrected chi connectivity index (χ3v) is 2.24. The van der Waals surface area contributed by atoms with E-state index in [4.69, 9.17) is 22.1 Å². The highest BCUT2D eigenvalue weighted by atomic mass is 127. The largest absolute Gasteiger partial charge is 0.491 e. The number of halogens is 2. The summed E-state index contributed by atoms with van der Waals surface area (Å²) >= 11 is 8.09. The second kappa shape index (κ2) is 4.89. The molecule has 0 fully saturated rings. The first-order chi connectivity index (χ1) is 5.74. The van der Waals surface area contributed by atoms with E-state index in [1.54, 1.807) is 0 Å². The maximum atomic E-state index is 5.89. The highest BCUT2D eigenvalue weighted by Gasteiger charge is 2.00. The van der Waals surface area contributed by atoms with Crippen molar-refractivity contribution in [3.05, 3.63) is 26.8 Å². The number of ether oxygens (including phenoxy) is 1. The van der Waals surface area contributed by atoms with E-state index in [1.165, 1.54) is 0 Å². The van der Waals surface area contributed by atoms with Gasteiger partial charge < -0.3 is 10.5 Å². The molecule has 2 nitrogen and oxygen atoms in total. The standard InChI is InChI=1S/C8H9ClINO/c9-7-5-6(10)1-2-8(7)12-4-3-11/h1-2,5H,3-4,11H2. The lowest BCUT2D eigenvalue weighted by atomic mass is 10.3. The van der Waals surface area contributed by atoms with E-state index < -0.39 is 0 Å². The van der Waals surface area contributed by atoms with E-state index in [-0.39, 0.29) is 0 Å². The van der Waals surface area contributed by atoms with Crippen molar-refractivity contribution >= 4 is 34.2 Å². The van der Waals surface area contributed by atoms with Crippen LogP contribution in [0.2, 0.25) is 5.02 Å². The monoisotopic (exact) mass is 297 g/mol. The zero-order chi connectivity index (χ0) is 8.97. The highest BCUT2D eigenvalue weighted by molar-refractivity contribution is 14.1. The summed E-state index contributed by atoms with van der Waals surface area (Å²) < 4.78 is 6.38. The van der Waals surface area contributed by atoms with Crippen molar-refractivity contribution in [2.75, 3.05) is 13.2 Å². The summed E-state index contributed by atoms with van der Waals surface area (Å²) in [5, 5.41) is 0.635. The van der Waals surface area contributed by atoms with Crippen LogP contribution < -0.4 is 10.5 Å². The molecular weight excluding hydrogens is 288 g/mol. The van der Waals surface area contributed by atoms with Crippen molar-refractivity contribution in [3.63, 3.8) is 0 Å². The minimum absolute atomic E-state index is 0.500. The molecule has 0 amide bonds. The summed E-state index contributed by atoms with van der Waals surface area (Å²) in [5.41, 5.74) is 5.29. The Hall–Kier alpha value is -0.0000000000000000555. The lowest BCUT2D eigenvalue weighted by Gasteiger charge is -2.05. The van der Waals surface area contributed by atoms with Crippen molar-refractivity contribution < 1.29 is 4.74 Å². The molecule has 4 heteroatoms. The molecule has 0 aliphatic heterocycles. The lowest BCUT2D eigenvalue weighted by Crippen LogP contribution is -2.10. The van der Waals surface area contributed by atoms with Gasteiger partial charge in [-0.1, -0.05) is 11.6 Å². The SMILES string of the molecule is NCCOc1ccc(I)cc1Cl. The van der Waals surface area contributed by atoms with Gasteiger partial charge in [-0.25, -0.2) is 0 Å². The van der Waals surface area contributed by atoms with Gasteiger partial charge in [0.2, 0.25) is 0 Å². The molecule has 0 spiro atoms. The normalized spacial score (nSPS) is 9.92. The Bertz CT molecular complexity index is 267. The van der Waals surface area contributed by atoms with Gasteiger partial charge in [0.15, 0.2) is 0 Å². The molecule has 0 unspecified atom stereocenters. The van der Waals surface area contributed by atoms with Gasteiger partial charge in [0.1, 0.15) is 12.4 Å². The van der Waals surface area contributed by atoms with Crippen LogP contribution in [0.4, 0.5) is 0 Å². The van der Waals surface area contributed by atoms with Crippen LogP contribution in [0.1, 0.15) is 0 Å². The summed E-state index contributed by atoms with van der Waals surface area (Å²) in [6.45, 7) is 1.00. The van der Waals surface area contributed by atoms with Crippen molar-refractivity contribution in [2.24, 2.45) is 5.73 Å². The Morgan fingerprint density at radius 3 is 2.83 bits per heavy atom. The van der Waals surface area contributed by atoms with Crippen LogP contribution in [0, 0.1) is 3.57 Å². The summed E-state index contributed by atoms with van der Waals surface area (Å²) in [4.78, 5) is 0. The minimum atomic E-state index is 0.500. The lowest BCUT2D eigenvalue weighted by molar-refractivity contribution is 0.328. The van der Waals surface area contributed by atoms with E-state index in [0.29, 0.717) is 23.9 Å². The maximum Gasteiger partial charge on any atom is 0.138 e. The van der Waals surface area contributed by atoms with Crippen molar-refractivity contribution in [1.82, 2.24) is 0 Å². The fourth-order valence-electron chi connectivity index (χ4n) is 0.761. The van der Waals surface area contributed by atoms with E-state index in [1.807, 2.05) is 18.2 Å². The van der Waals surface area contributed by atoms with Crippen LogP contribution in [0.3, 0.4) is 0 Å². The molecule has 0 bridgehead atoms. The van der Waals surface area contributed by atoms with Crippen LogP contribution in [0.15, 0.2) is 18.2 Å². The van der Waals surface area contributed by atoms with E-state index >= 15 is 0 Å². The molecule has 2 N–H and O–H groups in total. The van der Waals surface area contributed by atoms with Gasteiger partial charge in [-0.05, 0) is 40.8 Å². The molecule has 12 heavy (non-hydrogen) atoms. The fourth-order valence-corrected chi connectivity index (χ4v) is 1.67. The smallest absolute Gasteiger partial charge is 0.138 e. The molecule has 66 valence electrons. The third kappa shape index (κ3) is 2.80. The van der Waals surface area contributed by atoms with Gasteiger partial charge >= 0.3 is 0 Å². The second-order valence-corrected chi connectivity index (χ2v) is 3.86. The number of hydrogen-bond acceptors (Lipinski definition) is 2. The maximum absolute atomic E-state index is 5.89. The van der Waals surface area contributed by atoms with Gasteiger partial charge in [-0.3, -0.25) is 0 Å². The zero-order valence-corrected chi connectivity index (χ0v) is 9.30. The van der Waals surface area contributed by atoms with Gasteiger partial charge in [0.05, 0.1) is 5.02 Å². The first-order valence-corrected chi connectivity index (χ1v) is 4.97. The van der Waals surface area contributed by atoms with E-state index in [9.17, 15) is 0 Å². The van der Waals surface area contributed by atoms with Crippen LogP contribution in [0.25, 0.3) is 0 Å². The molecule has 1 rings (SSSR count). The van der Waals surface area contributed by atoms with Gasteiger partial charge in [0.25, 0.3) is 0 Å². The zero-order valence-electron chi connectivity index (χ0n) is 6.39. The molecule has 0 aliphatic carbocycles. The molecule has 0 aromatic heterocycles. The van der Waals surface area contributed by atoms with Crippen molar-refractivity contribution in [3.8, 4) is 5.75 Å². The molecule has 0 heterocycles. The number of hydrogen-bond donors (Lipinski definition) is 1. The Labute approximate surface area is 90.2 Å². The van der Waals surface area contributed by atoms with Gasteiger partial charge in [0, 0.05) is 10.1 Å². The molecular formula is C8H9ClINO. The summed E-state index contributed by atoms with van der Waals surface area (Å²) in [5.74, 6) is 0.697. The Balaban J connectivity index is 2.72. The van der Waals surface area contributed by atoms with Crippen LogP contribution >= 0.6 is 34.2 Å². The average Bonchev–Trinajstić information content (AvgIpc) is 2.03. The van der Waals surface area contributed by atoms with Crippen LogP contribution in [-0.4, -0.2) is 13.2 Å². The predicted octanol–water partition coefficient (Wildman–Crippen LogP) is 2.28. The fraction of sp³-hybridized carbons (Fsp3) is 0.250. The van der Waals surface area contributed by atoms with Crippen LogP contribution in [0.5, 0.6) is 5.75 Å². The second-order valence-electron chi connectivity index (χ2n) is 2.21. The number of rotatable bonds is 3. The van der Waals surface area contributed by atoms with Crippen molar-refractivity contribution in [2.45, 2.75) is 0 Å². The molecule has 0 saturated carbocycles. The van der Waals surface area contributed by atoms with Gasteiger partial charge in [-0.2, -0.15) is 0 Å². The summed E-state index contributed by atoms with van der Waals surface area (Å²) in [6.07, 6.45) is 0. The predicted molar refractivity (Wildman–Crippen MR) is 58.7 cm³/mol. The van der Waals surface area contributed by atoms with Crippen LogP contribution in [-0.2, 0) is 0 Å². The highest BCUT2D eigenvalue weighted by Crippen LogP contribution is 2.25. The Kier molecular flexibility index (Phi) is 4.11. The minimum Gasteiger partial charge on any atom is -0.491 e. The Morgan fingerprint density at radius 2 is 2.25 bits per heavy atom. The molecule has 0 aliphatic rings. The molecule has 0 atom stereocenters. The summed E-state index contributed by atoms with van der Waals surface area (Å²) in [6, 6.07) is 5.64. The third-order valence-electron chi connectivity index (χ3n) is 1.27. The number of nitrogens with two attached hydrogens (primary N) is 1. The topological polar surface area (TPSA) is 35.2 Å². The first-order valence-electron chi connectivity index (χ1n) is 3.52. The van der Waals surface area contributed by atoms with E-state index in [0.717, 1.165) is 3.57 Å². The van der Waals surface area contributed by atoms with Crippen molar-refractivity contribution in [1.29, 1.82) is 0 Å². The van der Waals surface area contributed by atoms with Gasteiger partial charge in [-0.15, -0.1) is 0 Å². The quantitative estimate of drug-likeness (QED) is 0.869. The summed E-state index contributed by atoms with van der Waals surface area (Å²) in [7, 11) is 0. The molecule has 0 radical (unpaired) electrons. The molecule has 1 aromatic carbocycles. The molecule has 1 aromatic rings. The number of benzene rings is 1. The van der Waals surface area contributed by atoms with E-state index in [2.05, 4.69) is 22.6 Å². The molecule has 0 saturated heterocycles. The Morgan fingerprint density at radius 1 is 1.50 bits per heavy atom. The first kappa shape index (κ1) is 10.1.